The van der Waals surface area contributed by atoms with E-state index in [2.05, 4.69) is 35.6 Å². The predicted octanol–water partition coefficient (Wildman–Crippen LogP) is 3.41. The SMILES string of the molecule is C/C=C\C=C(\C)C(=O)NC(COC1CCC(c2ccccc2)CC1)C(C)N.O=S=O. The van der Waals surface area contributed by atoms with Crippen molar-refractivity contribution in [3.8, 4) is 0 Å². The van der Waals surface area contributed by atoms with Crippen molar-refractivity contribution in [3.05, 3.63) is 59.7 Å². The molecule has 30 heavy (non-hydrogen) atoms. The van der Waals surface area contributed by atoms with Crippen LogP contribution in [0.15, 0.2) is 54.1 Å². The highest BCUT2D eigenvalue weighted by atomic mass is 32.1. The summed E-state index contributed by atoms with van der Waals surface area (Å²) in [5.41, 5.74) is 8.17. The fourth-order valence-electron chi connectivity index (χ4n) is 3.45. The third-order valence-electron chi connectivity index (χ3n) is 5.30. The molecule has 1 amide bonds. The number of amides is 1. The molecule has 2 atom stereocenters. The van der Waals surface area contributed by atoms with Crippen LogP contribution in [0.4, 0.5) is 0 Å². The molecule has 0 aliphatic heterocycles. The van der Waals surface area contributed by atoms with Gasteiger partial charge in [0.1, 0.15) is 0 Å². The molecule has 7 heteroatoms. The standard InChI is InChI=1S/C23H34N2O2.O2S/c1-4-5-9-17(2)23(26)25-22(18(3)24)16-27-21-14-12-20(13-15-21)19-10-7-6-8-11-19;1-3-2/h4-11,18,20-22H,12-16,24H2,1-3H3,(H,25,26);/b5-4-,17-9-;. The van der Waals surface area contributed by atoms with E-state index in [1.807, 2.05) is 26.0 Å². The van der Waals surface area contributed by atoms with E-state index in [9.17, 15) is 4.79 Å². The van der Waals surface area contributed by atoms with Crippen molar-refractivity contribution in [1.82, 2.24) is 5.32 Å². The van der Waals surface area contributed by atoms with Gasteiger partial charge in [0.2, 0.25) is 5.91 Å². The average Bonchev–Trinajstić information content (AvgIpc) is 2.76. The Kier molecular flexibility index (Phi) is 12.8. The lowest BCUT2D eigenvalue weighted by Gasteiger charge is -2.31. The van der Waals surface area contributed by atoms with E-state index in [1.54, 1.807) is 13.0 Å². The minimum Gasteiger partial charge on any atom is -0.376 e. The lowest BCUT2D eigenvalue weighted by molar-refractivity contribution is -0.119. The number of ether oxygens (including phenoxy) is 1. The van der Waals surface area contributed by atoms with Crippen molar-refractivity contribution in [2.45, 2.75) is 70.6 Å². The number of allylic oxidation sites excluding steroid dienone is 3. The summed E-state index contributed by atoms with van der Waals surface area (Å²) in [4.78, 5) is 12.3. The van der Waals surface area contributed by atoms with E-state index in [0.717, 1.165) is 25.7 Å². The fraction of sp³-hybridized carbons (Fsp3) is 0.522. The zero-order chi connectivity index (χ0) is 22.4. The molecule has 1 fully saturated rings. The highest BCUT2D eigenvalue weighted by Gasteiger charge is 2.25. The molecule has 0 saturated heterocycles. The quantitative estimate of drug-likeness (QED) is 0.483. The second-order valence-corrected chi connectivity index (χ2v) is 7.74. The molecule has 2 unspecified atom stereocenters. The molecule has 0 bridgehead atoms. The molecule has 1 aromatic rings. The van der Waals surface area contributed by atoms with Gasteiger partial charge in [-0.3, -0.25) is 4.79 Å². The fourth-order valence-corrected chi connectivity index (χ4v) is 3.45. The summed E-state index contributed by atoms with van der Waals surface area (Å²) in [5.74, 6) is 0.543. The van der Waals surface area contributed by atoms with E-state index >= 15 is 0 Å². The second kappa shape index (κ2) is 14.8. The Morgan fingerprint density at radius 2 is 1.83 bits per heavy atom. The summed E-state index contributed by atoms with van der Waals surface area (Å²) in [5, 5.41) is 3.01. The third-order valence-corrected chi connectivity index (χ3v) is 5.30. The van der Waals surface area contributed by atoms with Crippen LogP contribution in [0.5, 0.6) is 0 Å². The number of hydrogen-bond donors (Lipinski definition) is 2. The van der Waals surface area contributed by atoms with Crippen LogP contribution in [0, 0.1) is 0 Å². The largest absolute Gasteiger partial charge is 0.376 e. The Hall–Kier alpha value is -2.09. The van der Waals surface area contributed by atoms with Gasteiger partial charge < -0.3 is 15.8 Å². The van der Waals surface area contributed by atoms with E-state index in [1.165, 1.54) is 5.56 Å². The van der Waals surface area contributed by atoms with Gasteiger partial charge >= 0.3 is 11.6 Å². The van der Waals surface area contributed by atoms with Crippen LogP contribution >= 0.6 is 0 Å². The minimum absolute atomic E-state index is 0.0909. The smallest absolute Gasteiger partial charge is 0.335 e. The Morgan fingerprint density at radius 1 is 1.23 bits per heavy atom. The number of carbonyl (C=O) groups excluding carboxylic acids is 1. The van der Waals surface area contributed by atoms with Gasteiger partial charge in [0.05, 0.1) is 18.8 Å². The number of carbonyl (C=O) groups is 1. The maximum Gasteiger partial charge on any atom is 0.335 e. The first-order chi connectivity index (χ1) is 14.4. The summed E-state index contributed by atoms with van der Waals surface area (Å²) < 4.78 is 22.7. The number of rotatable bonds is 8. The Balaban J connectivity index is 0.00000141. The third kappa shape index (κ3) is 9.61. The van der Waals surface area contributed by atoms with Gasteiger partial charge in [0.25, 0.3) is 0 Å². The van der Waals surface area contributed by atoms with Crippen molar-refractivity contribution in [1.29, 1.82) is 0 Å². The van der Waals surface area contributed by atoms with Crippen LogP contribution < -0.4 is 11.1 Å². The summed E-state index contributed by atoms with van der Waals surface area (Å²) in [6.45, 7) is 6.10. The second-order valence-electron chi connectivity index (χ2n) is 7.60. The molecule has 0 aromatic heterocycles. The zero-order valence-electron chi connectivity index (χ0n) is 18.1. The highest BCUT2D eigenvalue weighted by molar-refractivity contribution is 7.51. The maximum absolute atomic E-state index is 12.3. The summed E-state index contributed by atoms with van der Waals surface area (Å²) in [6, 6.07) is 10.4. The lowest BCUT2D eigenvalue weighted by atomic mass is 9.83. The van der Waals surface area contributed by atoms with E-state index in [-0.39, 0.29) is 24.1 Å². The monoisotopic (exact) mass is 434 g/mol. The average molecular weight is 435 g/mol. The Morgan fingerprint density at radius 3 is 2.37 bits per heavy atom. The number of benzene rings is 1. The van der Waals surface area contributed by atoms with Crippen molar-refractivity contribution in [3.63, 3.8) is 0 Å². The molecule has 0 spiro atoms. The first-order valence-corrected chi connectivity index (χ1v) is 11.0. The van der Waals surface area contributed by atoms with Crippen LogP contribution in [0.1, 0.15) is 57.9 Å². The normalized spacial score (nSPS) is 21.3. The van der Waals surface area contributed by atoms with Crippen LogP contribution in [0.3, 0.4) is 0 Å². The maximum atomic E-state index is 12.3. The van der Waals surface area contributed by atoms with Crippen LogP contribution in [-0.2, 0) is 21.1 Å². The Labute approximate surface area is 183 Å². The summed E-state index contributed by atoms with van der Waals surface area (Å²) in [7, 11) is 0. The molecule has 6 nitrogen and oxygen atoms in total. The van der Waals surface area contributed by atoms with Crippen molar-refractivity contribution < 1.29 is 17.9 Å². The van der Waals surface area contributed by atoms with E-state index < -0.39 is 11.6 Å². The first-order valence-electron chi connectivity index (χ1n) is 10.4. The van der Waals surface area contributed by atoms with Gasteiger partial charge in [0.15, 0.2) is 0 Å². The van der Waals surface area contributed by atoms with Gasteiger partial charge in [-0.05, 0) is 57.9 Å². The van der Waals surface area contributed by atoms with Gasteiger partial charge in [-0.25, -0.2) is 0 Å². The topological polar surface area (TPSA) is 98.5 Å². The molecule has 0 radical (unpaired) electrons. The number of nitrogens with two attached hydrogens (primary N) is 1. The number of nitrogens with one attached hydrogen (secondary N) is 1. The van der Waals surface area contributed by atoms with Crippen LogP contribution in [-0.4, -0.2) is 39.1 Å². The zero-order valence-corrected chi connectivity index (χ0v) is 18.9. The molecular weight excluding hydrogens is 400 g/mol. The highest BCUT2D eigenvalue weighted by Crippen LogP contribution is 2.33. The summed E-state index contributed by atoms with van der Waals surface area (Å²) in [6.07, 6.45) is 10.2. The molecule has 2 rings (SSSR count). The molecular formula is C23H34N2O4S. The van der Waals surface area contributed by atoms with Crippen LogP contribution in [0.25, 0.3) is 0 Å². The van der Waals surface area contributed by atoms with Crippen molar-refractivity contribution in [2.24, 2.45) is 5.73 Å². The molecule has 1 saturated carbocycles. The Bertz CT molecular complexity index is 720. The van der Waals surface area contributed by atoms with E-state index in [4.69, 9.17) is 18.9 Å². The van der Waals surface area contributed by atoms with Gasteiger partial charge in [-0.2, -0.15) is 8.42 Å². The van der Waals surface area contributed by atoms with Crippen LogP contribution in [0.2, 0.25) is 0 Å². The van der Waals surface area contributed by atoms with Gasteiger partial charge in [0, 0.05) is 11.6 Å². The van der Waals surface area contributed by atoms with Crippen molar-refractivity contribution >= 4 is 17.5 Å². The molecule has 1 aliphatic rings. The predicted molar refractivity (Wildman–Crippen MR) is 120 cm³/mol. The molecule has 1 aromatic carbocycles. The van der Waals surface area contributed by atoms with Crippen molar-refractivity contribution in [2.75, 3.05) is 6.61 Å². The molecule has 1 aliphatic carbocycles. The number of hydrogen-bond acceptors (Lipinski definition) is 5. The van der Waals surface area contributed by atoms with E-state index in [0.29, 0.717) is 18.1 Å². The lowest BCUT2D eigenvalue weighted by Crippen LogP contribution is -2.49. The molecule has 0 heterocycles. The first kappa shape index (κ1) is 25.9. The summed E-state index contributed by atoms with van der Waals surface area (Å²) >= 11 is -0.750. The van der Waals surface area contributed by atoms with Gasteiger partial charge in [-0.15, -0.1) is 0 Å². The molecule has 166 valence electrons. The molecule has 3 N–H and O–H groups in total. The minimum atomic E-state index is -0.750. The van der Waals surface area contributed by atoms with Gasteiger partial charge in [-0.1, -0.05) is 48.6 Å².